The van der Waals surface area contributed by atoms with Gasteiger partial charge in [0.1, 0.15) is 5.82 Å². The molecule has 1 heterocycles. The molecule has 7 heteroatoms. The van der Waals surface area contributed by atoms with Gasteiger partial charge in [0.05, 0.1) is 23.7 Å². The second-order valence-corrected chi connectivity index (χ2v) is 7.47. The highest BCUT2D eigenvalue weighted by molar-refractivity contribution is 7.92. The van der Waals surface area contributed by atoms with E-state index in [0.717, 1.165) is 0 Å². The Morgan fingerprint density at radius 2 is 2.24 bits per heavy atom. The van der Waals surface area contributed by atoms with Crippen LogP contribution in [-0.4, -0.2) is 39.0 Å². The minimum Gasteiger partial charge on any atom is -0.465 e. The van der Waals surface area contributed by atoms with Crippen LogP contribution < -0.4 is 5.32 Å². The maximum Gasteiger partial charge on any atom is 0.340 e. The molecule has 0 radical (unpaired) electrons. The third-order valence-electron chi connectivity index (χ3n) is 3.60. The molecule has 5 nitrogen and oxygen atoms in total. The number of sulfone groups is 1. The van der Waals surface area contributed by atoms with Crippen molar-refractivity contribution in [1.82, 2.24) is 5.32 Å². The number of halogens is 1. The van der Waals surface area contributed by atoms with Crippen LogP contribution >= 0.6 is 0 Å². The molecule has 0 saturated carbocycles. The Labute approximate surface area is 123 Å². The molecule has 116 valence electrons. The first kappa shape index (κ1) is 15.9. The van der Waals surface area contributed by atoms with Gasteiger partial charge in [0, 0.05) is 13.1 Å². The number of hydrogen-bond acceptors (Lipinski definition) is 5. The maximum absolute atomic E-state index is 13.7. The van der Waals surface area contributed by atoms with Crippen LogP contribution in [0.4, 0.5) is 4.39 Å². The van der Waals surface area contributed by atoms with E-state index < -0.39 is 21.6 Å². The van der Waals surface area contributed by atoms with E-state index in [1.54, 1.807) is 6.07 Å². The van der Waals surface area contributed by atoms with E-state index in [4.69, 9.17) is 0 Å². The summed E-state index contributed by atoms with van der Waals surface area (Å²) in [4.78, 5) is 11.3. The molecular formula is C14H18FNO4S. The normalized spacial score (nSPS) is 20.4. The molecule has 1 atom stereocenters. The Morgan fingerprint density at radius 3 is 2.81 bits per heavy atom. The predicted octanol–water partition coefficient (Wildman–Crippen LogP) is 1.28. The molecule has 1 fully saturated rings. The average Bonchev–Trinajstić information content (AvgIpc) is 2.77. The molecule has 1 aliphatic rings. The topological polar surface area (TPSA) is 72.5 Å². The first-order valence-corrected chi connectivity index (χ1v) is 8.44. The zero-order chi connectivity index (χ0) is 15.5. The van der Waals surface area contributed by atoms with Crippen LogP contribution in [0.2, 0.25) is 0 Å². The van der Waals surface area contributed by atoms with Crippen LogP contribution in [0.1, 0.15) is 28.8 Å². The zero-order valence-corrected chi connectivity index (χ0v) is 12.6. The van der Waals surface area contributed by atoms with E-state index in [-0.39, 0.29) is 16.6 Å². The summed E-state index contributed by atoms with van der Waals surface area (Å²) in [5.41, 5.74) is 0.537. The van der Waals surface area contributed by atoms with Gasteiger partial charge < -0.3 is 10.1 Å². The van der Waals surface area contributed by atoms with E-state index in [1.165, 1.54) is 19.2 Å². The van der Waals surface area contributed by atoms with Crippen molar-refractivity contribution in [1.29, 1.82) is 0 Å². The SMILES string of the molecule is COC(=O)c1ccc(CNCC2CCCS2(=O)=O)cc1F. The van der Waals surface area contributed by atoms with Gasteiger partial charge in [0.25, 0.3) is 0 Å². The van der Waals surface area contributed by atoms with Gasteiger partial charge >= 0.3 is 5.97 Å². The summed E-state index contributed by atoms with van der Waals surface area (Å²) in [6.07, 6.45) is 1.38. The van der Waals surface area contributed by atoms with Crippen molar-refractivity contribution in [2.45, 2.75) is 24.6 Å². The molecule has 1 aromatic rings. The Morgan fingerprint density at radius 1 is 1.48 bits per heavy atom. The summed E-state index contributed by atoms with van der Waals surface area (Å²) < 4.78 is 41.5. The van der Waals surface area contributed by atoms with Gasteiger partial charge in [-0.05, 0) is 30.5 Å². The molecular weight excluding hydrogens is 297 g/mol. The number of rotatable bonds is 5. The van der Waals surface area contributed by atoms with Gasteiger partial charge in [-0.2, -0.15) is 0 Å². The second-order valence-electron chi connectivity index (χ2n) is 5.07. The number of hydrogen-bond donors (Lipinski definition) is 1. The van der Waals surface area contributed by atoms with E-state index >= 15 is 0 Å². The number of carbonyl (C=O) groups excluding carboxylic acids is 1. The zero-order valence-electron chi connectivity index (χ0n) is 11.8. The fraction of sp³-hybridized carbons (Fsp3) is 0.500. The minimum absolute atomic E-state index is 0.111. The lowest BCUT2D eigenvalue weighted by Crippen LogP contribution is -2.30. The summed E-state index contributed by atoms with van der Waals surface area (Å²) in [7, 11) is -1.78. The molecule has 1 aromatic carbocycles. The molecule has 1 N–H and O–H groups in total. The van der Waals surface area contributed by atoms with Crippen molar-refractivity contribution in [3.8, 4) is 0 Å². The highest BCUT2D eigenvalue weighted by Crippen LogP contribution is 2.19. The lowest BCUT2D eigenvalue weighted by atomic mass is 10.1. The summed E-state index contributed by atoms with van der Waals surface area (Å²) in [6.45, 7) is 0.715. The van der Waals surface area contributed by atoms with Crippen LogP contribution in [0.3, 0.4) is 0 Å². The predicted molar refractivity (Wildman–Crippen MR) is 76.3 cm³/mol. The Hall–Kier alpha value is -1.47. The number of benzene rings is 1. The standard InChI is InChI=1S/C14H18FNO4S/c1-20-14(17)12-5-4-10(7-13(12)15)8-16-9-11-3-2-6-21(11,18)19/h4-5,7,11,16H,2-3,6,8-9H2,1H3. The third kappa shape index (κ3) is 3.79. The Bertz CT molecular complexity index is 630. The van der Waals surface area contributed by atoms with E-state index in [1.807, 2.05) is 0 Å². The van der Waals surface area contributed by atoms with Gasteiger partial charge in [-0.1, -0.05) is 6.07 Å². The summed E-state index contributed by atoms with van der Waals surface area (Å²) in [6, 6.07) is 4.23. The Kier molecular flexibility index (Phi) is 4.95. The van der Waals surface area contributed by atoms with Crippen molar-refractivity contribution in [2.75, 3.05) is 19.4 Å². The van der Waals surface area contributed by atoms with E-state index in [2.05, 4.69) is 10.1 Å². The molecule has 0 bridgehead atoms. The van der Waals surface area contributed by atoms with Crippen LogP contribution in [0.25, 0.3) is 0 Å². The molecule has 0 aliphatic carbocycles. The highest BCUT2D eigenvalue weighted by Gasteiger charge is 2.30. The minimum atomic E-state index is -2.97. The fourth-order valence-electron chi connectivity index (χ4n) is 2.41. The Balaban J connectivity index is 1.92. The molecule has 1 aliphatic heterocycles. The third-order valence-corrected chi connectivity index (χ3v) is 5.88. The number of esters is 1. The smallest absolute Gasteiger partial charge is 0.340 e. The van der Waals surface area contributed by atoms with Crippen LogP contribution in [0, 0.1) is 5.82 Å². The molecule has 2 rings (SSSR count). The number of nitrogens with one attached hydrogen (secondary N) is 1. The largest absolute Gasteiger partial charge is 0.465 e. The summed E-state index contributed by atoms with van der Waals surface area (Å²) >= 11 is 0. The molecule has 0 amide bonds. The van der Waals surface area contributed by atoms with Crippen molar-refractivity contribution in [3.05, 3.63) is 35.1 Å². The highest BCUT2D eigenvalue weighted by atomic mass is 32.2. The van der Waals surface area contributed by atoms with Crippen molar-refractivity contribution in [2.24, 2.45) is 0 Å². The fourth-order valence-corrected chi connectivity index (χ4v) is 4.21. The van der Waals surface area contributed by atoms with Gasteiger partial charge in [-0.25, -0.2) is 17.6 Å². The molecule has 1 unspecified atom stereocenters. The quantitative estimate of drug-likeness (QED) is 0.829. The van der Waals surface area contributed by atoms with Crippen LogP contribution in [0.5, 0.6) is 0 Å². The summed E-state index contributed by atoms with van der Waals surface area (Å²) in [5, 5.41) is 2.68. The molecule has 1 saturated heterocycles. The first-order valence-electron chi connectivity index (χ1n) is 6.73. The molecule has 0 spiro atoms. The van der Waals surface area contributed by atoms with Crippen LogP contribution in [0.15, 0.2) is 18.2 Å². The molecule has 0 aromatic heterocycles. The van der Waals surface area contributed by atoms with E-state index in [9.17, 15) is 17.6 Å². The maximum atomic E-state index is 13.7. The van der Waals surface area contributed by atoms with Crippen molar-refractivity contribution >= 4 is 15.8 Å². The van der Waals surface area contributed by atoms with Gasteiger partial charge in [-0.15, -0.1) is 0 Å². The number of methoxy groups -OCH3 is 1. The van der Waals surface area contributed by atoms with Crippen molar-refractivity contribution in [3.63, 3.8) is 0 Å². The lowest BCUT2D eigenvalue weighted by molar-refractivity contribution is 0.0595. The van der Waals surface area contributed by atoms with Crippen LogP contribution in [-0.2, 0) is 21.1 Å². The monoisotopic (exact) mass is 315 g/mol. The average molecular weight is 315 g/mol. The number of ether oxygens (including phenoxy) is 1. The lowest BCUT2D eigenvalue weighted by Gasteiger charge is -2.11. The van der Waals surface area contributed by atoms with Gasteiger partial charge in [-0.3, -0.25) is 0 Å². The van der Waals surface area contributed by atoms with Crippen molar-refractivity contribution < 1.29 is 22.3 Å². The van der Waals surface area contributed by atoms with Gasteiger partial charge in [0.15, 0.2) is 9.84 Å². The molecule has 21 heavy (non-hydrogen) atoms. The van der Waals surface area contributed by atoms with E-state index in [0.29, 0.717) is 31.5 Å². The summed E-state index contributed by atoms with van der Waals surface area (Å²) in [5.74, 6) is -1.11. The van der Waals surface area contributed by atoms with Gasteiger partial charge in [0.2, 0.25) is 0 Å². The number of carbonyl (C=O) groups is 1. The first-order chi connectivity index (χ1) is 9.94. The second kappa shape index (κ2) is 6.53.